The summed E-state index contributed by atoms with van der Waals surface area (Å²) >= 11 is 0. The Bertz CT molecular complexity index is 1300. The highest BCUT2D eigenvalue weighted by molar-refractivity contribution is 5.92. The van der Waals surface area contributed by atoms with Gasteiger partial charge in [0.1, 0.15) is 29.0 Å². The fraction of sp³-hybridized carbons (Fsp3) is 0.250. The first-order valence-corrected chi connectivity index (χ1v) is 10.9. The van der Waals surface area contributed by atoms with E-state index in [4.69, 9.17) is 16.2 Å². The predicted molar refractivity (Wildman–Crippen MR) is 123 cm³/mol. The number of halogens is 3. The monoisotopic (exact) mass is 501 g/mol. The fourth-order valence-electron chi connectivity index (χ4n) is 3.89. The number of primary amides is 2. The third-order valence-corrected chi connectivity index (χ3v) is 5.56. The molecule has 0 spiro atoms. The van der Waals surface area contributed by atoms with Crippen molar-refractivity contribution >= 4 is 17.8 Å². The number of aryl methyl sites for hydroxylation is 1. The average molecular weight is 501 g/mol. The Morgan fingerprint density at radius 2 is 1.72 bits per heavy atom. The average Bonchev–Trinajstić information content (AvgIpc) is 3.30. The lowest BCUT2D eigenvalue weighted by molar-refractivity contribution is -0.274. The lowest BCUT2D eigenvalue weighted by Gasteiger charge is -2.22. The molecule has 1 fully saturated rings. The van der Waals surface area contributed by atoms with Crippen molar-refractivity contribution in [2.45, 2.75) is 32.2 Å². The Morgan fingerprint density at radius 1 is 1.03 bits per heavy atom. The summed E-state index contributed by atoms with van der Waals surface area (Å²) in [4.78, 5) is 34.1. The van der Waals surface area contributed by atoms with E-state index in [1.165, 1.54) is 18.2 Å². The first-order chi connectivity index (χ1) is 17.0. The molecule has 2 heterocycles. The Morgan fingerprint density at radius 3 is 2.33 bits per heavy atom. The maximum atomic E-state index is 12.4. The minimum absolute atomic E-state index is 0.0118. The lowest BCUT2D eigenvalue weighted by Crippen LogP contribution is -2.41. The summed E-state index contributed by atoms with van der Waals surface area (Å²) in [5, 5.41) is 0. The van der Waals surface area contributed by atoms with Crippen LogP contribution in [0.3, 0.4) is 0 Å². The van der Waals surface area contributed by atoms with Crippen LogP contribution in [-0.2, 0) is 4.79 Å². The molecule has 9 nitrogen and oxygen atoms in total. The molecule has 2 amide bonds. The summed E-state index contributed by atoms with van der Waals surface area (Å²) in [7, 11) is 0. The third-order valence-electron chi connectivity index (χ3n) is 5.56. The number of anilines is 1. The smallest absolute Gasteiger partial charge is 0.457 e. The van der Waals surface area contributed by atoms with Gasteiger partial charge in [0.15, 0.2) is 0 Å². The molecular formula is C24H22F3N5O4. The van der Waals surface area contributed by atoms with Crippen LogP contribution >= 0.6 is 0 Å². The first kappa shape index (κ1) is 24.8. The van der Waals surface area contributed by atoms with Gasteiger partial charge < -0.3 is 25.8 Å². The van der Waals surface area contributed by atoms with E-state index in [-0.39, 0.29) is 17.4 Å². The molecule has 0 radical (unpaired) electrons. The van der Waals surface area contributed by atoms with E-state index in [2.05, 4.69) is 14.7 Å². The summed E-state index contributed by atoms with van der Waals surface area (Å²) in [6.07, 6.45) is -3.50. The van der Waals surface area contributed by atoms with Crippen molar-refractivity contribution in [2.75, 3.05) is 11.4 Å². The molecule has 0 bridgehead atoms. The molecule has 0 aliphatic carbocycles. The van der Waals surface area contributed by atoms with Crippen molar-refractivity contribution in [1.82, 2.24) is 9.97 Å². The van der Waals surface area contributed by atoms with Gasteiger partial charge in [-0.15, -0.1) is 13.2 Å². The largest absolute Gasteiger partial charge is 0.573 e. The lowest BCUT2D eigenvalue weighted by atomic mass is 10.1. The molecule has 0 unspecified atom stereocenters. The van der Waals surface area contributed by atoms with Gasteiger partial charge in [-0.25, -0.2) is 9.97 Å². The highest BCUT2D eigenvalue weighted by Gasteiger charge is 2.32. The number of nitrogens with zero attached hydrogens (tertiary/aromatic N) is 3. The van der Waals surface area contributed by atoms with Crippen LogP contribution in [0, 0.1) is 6.92 Å². The van der Waals surface area contributed by atoms with Crippen LogP contribution in [0.5, 0.6) is 17.2 Å². The SMILES string of the molecule is Cc1cc(OC(F)(F)F)ccc1Oc1ccc(-c2cc(C(N)=O)nc(N3CCC[C@H]3C(N)=O)n2)cc1. The Hall–Kier alpha value is -4.35. The zero-order chi connectivity index (χ0) is 26.0. The summed E-state index contributed by atoms with van der Waals surface area (Å²) in [6.45, 7) is 2.10. The highest BCUT2D eigenvalue weighted by Crippen LogP contribution is 2.32. The number of ether oxygens (including phenoxy) is 2. The molecule has 1 aliphatic rings. The van der Waals surface area contributed by atoms with Crippen LogP contribution in [0.25, 0.3) is 11.3 Å². The van der Waals surface area contributed by atoms with Crippen molar-refractivity contribution in [3.05, 3.63) is 59.8 Å². The Labute approximate surface area is 203 Å². The Kier molecular flexibility index (Phi) is 6.69. The molecule has 2 aromatic carbocycles. The van der Waals surface area contributed by atoms with Crippen molar-refractivity contribution in [1.29, 1.82) is 0 Å². The number of benzene rings is 2. The quantitative estimate of drug-likeness (QED) is 0.504. The van der Waals surface area contributed by atoms with Crippen LogP contribution in [-0.4, -0.2) is 40.7 Å². The number of amides is 2. The molecule has 1 aromatic heterocycles. The highest BCUT2D eigenvalue weighted by atomic mass is 19.4. The standard InChI is InChI=1S/C24H22F3N5O4/c1-13-11-16(36-24(25,26)27)8-9-20(13)35-15-6-4-14(5-7-15)17-12-18(21(28)33)31-23(30-17)32-10-2-3-19(32)22(29)34/h4-9,11-12,19H,2-3,10H2,1H3,(H2,28,33)(H2,29,34)/t19-/m0/s1. The van der Waals surface area contributed by atoms with E-state index >= 15 is 0 Å². The van der Waals surface area contributed by atoms with Gasteiger partial charge in [-0.05, 0) is 73.9 Å². The number of carbonyl (C=O) groups is 2. The van der Waals surface area contributed by atoms with Crippen molar-refractivity contribution in [3.8, 4) is 28.5 Å². The van der Waals surface area contributed by atoms with Gasteiger partial charge in [0.05, 0.1) is 5.69 Å². The fourth-order valence-corrected chi connectivity index (χ4v) is 3.89. The van der Waals surface area contributed by atoms with Gasteiger partial charge in [-0.2, -0.15) is 0 Å². The molecule has 1 atom stereocenters. The van der Waals surface area contributed by atoms with E-state index in [1.54, 1.807) is 36.1 Å². The summed E-state index contributed by atoms with van der Waals surface area (Å²) < 4.78 is 47.0. The van der Waals surface area contributed by atoms with E-state index in [0.29, 0.717) is 41.3 Å². The maximum Gasteiger partial charge on any atom is 0.573 e. The zero-order valence-electron chi connectivity index (χ0n) is 19.1. The van der Waals surface area contributed by atoms with Crippen LogP contribution in [0.4, 0.5) is 19.1 Å². The zero-order valence-corrected chi connectivity index (χ0v) is 19.1. The summed E-state index contributed by atoms with van der Waals surface area (Å²) in [5.41, 5.74) is 12.4. The minimum atomic E-state index is -4.78. The molecule has 1 aliphatic heterocycles. The first-order valence-electron chi connectivity index (χ1n) is 10.9. The van der Waals surface area contributed by atoms with Crippen LogP contribution < -0.4 is 25.8 Å². The number of hydrogen-bond donors (Lipinski definition) is 2. The van der Waals surface area contributed by atoms with Gasteiger partial charge in [-0.1, -0.05) is 0 Å². The van der Waals surface area contributed by atoms with Crippen molar-refractivity contribution < 1.29 is 32.2 Å². The number of rotatable bonds is 7. The molecule has 12 heteroatoms. The molecule has 0 saturated carbocycles. The second-order valence-electron chi connectivity index (χ2n) is 8.16. The number of carbonyl (C=O) groups excluding carboxylic acids is 2. The molecule has 1 saturated heterocycles. The van der Waals surface area contributed by atoms with E-state index in [0.717, 1.165) is 12.5 Å². The van der Waals surface area contributed by atoms with Crippen molar-refractivity contribution in [2.24, 2.45) is 11.5 Å². The van der Waals surface area contributed by atoms with Crippen LogP contribution in [0.1, 0.15) is 28.9 Å². The van der Waals surface area contributed by atoms with E-state index < -0.39 is 24.2 Å². The Balaban J connectivity index is 1.58. The normalized spacial score (nSPS) is 15.6. The molecule has 36 heavy (non-hydrogen) atoms. The molecule has 188 valence electrons. The topological polar surface area (TPSA) is 134 Å². The molecule has 3 aromatic rings. The summed E-state index contributed by atoms with van der Waals surface area (Å²) in [6, 6.07) is 11.3. The van der Waals surface area contributed by atoms with Gasteiger partial charge in [0.2, 0.25) is 11.9 Å². The predicted octanol–water partition coefficient (Wildman–Crippen LogP) is 3.70. The van der Waals surface area contributed by atoms with E-state index in [1.807, 2.05) is 0 Å². The number of aromatic nitrogens is 2. The number of alkyl halides is 3. The van der Waals surface area contributed by atoms with Gasteiger partial charge in [0, 0.05) is 12.1 Å². The molecule has 4 N–H and O–H groups in total. The van der Waals surface area contributed by atoms with Gasteiger partial charge in [-0.3, -0.25) is 9.59 Å². The minimum Gasteiger partial charge on any atom is -0.457 e. The summed E-state index contributed by atoms with van der Waals surface area (Å²) in [5.74, 6) is -0.642. The number of nitrogens with two attached hydrogens (primary N) is 2. The molecular weight excluding hydrogens is 479 g/mol. The van der Waals surface area contributed by atoms with Gasteiger partial charge >= 0.3 is 6.36 Å². The maximum absolute atomic E-state index is 12.4. The second-order valence-corrected chi connectivity index (χ2v) is 8.16. The van der Waals surface area contributed by atoms with Gasteiger partial charge in [0.25, 0.3) is 5.91 Å². The second kappa shape index (κ2) is 9.72. The van der Waals surface area contributed by atoms with Crippen LogP contribution in [0.2, 0.25) is 0 Å². The number of hydrogen-bond acceptors (Lipinski definition) is 7. The third kappa shape index (κ3) is 5.65. The molecule has 4 rings (SSSR count). The van der Waals surface area contributed by atoms with Crippen LogP contribution in [0.15, 0.2) is 48.5 Å². The van der Waals surface area contributed by atoms with E-state index in [9.17, 15) is 22.8 Å². The van der Waals surface area contributed by atoms with Crippen molar-refractivity contribution in [3.63, 3.8) is 0 Å².